The zero-order chi connectivity index (χ0) is 17.2. The van der Waals surface area contributed by atoms with Gasteiger partial charge in [-0.1, -0.05) is 31.2 Å². The minimum atomic E-state index is -0.365. The molecule has 128 valence electrons. The molecule has 0 bridgehead atoms. The summed E-state index contributed by atoms with van der Waals surface area (Å²) in [7, 11) is 1.89. The fourth-order valence-electron chi connectivity index (χ4n) is 2.32. The number of ketones is 1. The highest BCUT2D eigenvalue weighted by atomic mass is 79.9. The van der Waals surface area contributed by atoms with Crippen molar-refractivity contribution in [1.29, 1.82) is 0 Å². The largest absolute Gasteiger partial charge is 0.381 e. The molecule has 23 heavy (non-hydrogen) atoms. The molecule has 3 N–H and O–H groups in total. The van der Waals surface area contributed by atoms with Gasteiger partial charge >= 0.3 is 0 Å². The third-order valence-corrected chi connectivity index (χ3v) is 4.60. The van der Waals surface area contributed by atoms with Crippen molar-refractivity contribution in [3.63, 3.8) is 0 Å². The maximum Gasteiger partial charge on any atom is 0.200 e. The summed E-state index contributed by atoms with van der Waals surface area (Å²) in [6.45, 7) is 0. The zero-order valence-electron chi connectivity index (χ0n) is 13.4. The Morgan fingerprint density at radius 1 is 1.39 bits per heavy atom. The van der Waals surface area contributed by atoms with Gasteiger partial charge in [-0.2, -0.15) is 0 Å². The Balaban J connectivity index is 0.000000593. The second kappa shape index (κ2) is 10.8. The minimum Gasteiger partial charge on any atom is -0.381 e. The summed E-state index contributed by atoms with van der Waals surface area (Å²) in [6.07, 6.45) is 7.10. The summed E-state index contributed by atoms with van der Waals surface area (Å²) in [5.74, 6) is -0.428. The number of nitrogens with two attached hydrogens (primary N) is 1. The number of nitrogens with zero attached hydrogens (tertiary/aromatic N) is 1. The Morgan fingerprint density at radius 3 is 2.52 bits per heavy atom. The quantitative estimate of drug-likeness (QED) is 0.448. The van der Waals surface area contributed by atoms with E-state index in [1.165, 1.54) is 24.6 Å². The molecule has 1 saturated carbocycles. The minimum absolute atomic E-state index is 0.00129. The van der Waals surface area contributed by atoms with Crippen LogP contribution in [0.25, 0.3) is 0 Å². The maximum absolute atomic E-state index is 13.1. The van der Waals surface area contributed by atoms with Gasteiger partial charge in [0.05, 0.1) is 10.2 Å². The predicted octanol–water partition coefficient (Wildman–Crippen LogP) is 4.21. The summed E-state index contributed by atoms with van der Waals surface area (Å²) < 4.78 is 16.3. The Kier molecular flexibility index (Phi) is 9.43. The summed E-state index contributed by atoms with van der Waals surface area (Å²) in [5, 5.41) is 0. The van der Waals surface area contributed by atoms with E-state index in [-0.39, 0.29) is 23.4 Å². The van der Waals surface area contributed by atoms with Crippen molar-refractivity contribution in [2.24, 2.45) is 16.6 Å². The SMILES string of the molecule is CNSC.NC(=Nc1ccc(F)c(Br)c1)C(=O)C1CCCCC1. The number of nitrogens with one attached hydrogen (secondary N) is 1. The standard InChI is InChI=1S/C14H16BrFN2O.C2H7NS/c15-11-8-10(6-7-12(11)16)18-14(17)13(19)9-4-2-1-3-5-9;1-3-4-2/h6-9H,1-5H2,(H2,17,18);3H,1-2H3. The average Bonchev–Trinajstić information content (AvgIpc) is 2.58. The van der Waals surface area contributed by atoms with Crippen molar-refractivity contribution in [2.75, 3.05) is 13.3 Å². The first kappa shape index (κ1) is 20.1. The second-order valence-electron chi connectivity index (χ2n) is 5.20. The van der Waals surface area contributed by atoms with Crippen LogP contribution in [0, 0.1) is 11.7 Å². The van der Waals surface area contributed by atoms with Gasteiger partial charge in [0, 0.05) is 5.92 Å². The van der Waals surface area contributed by atoms with E-state index < -0.39 is 0 Å². The van der Waals surface area contributed by atoms with Crippen molar-refractivity contribution in [3.8, 4) is 0 Å². The van der Waals surface area contributed by atoms with Crippen LogP contribution in [0.1, 0.15) is 32.1 Å². The molecule has 0 aromatic heterocycles. The van der Waals surface area contributed by atoms with Crippen LogP contribution in [-0.2, 0) is 4.79 Å². The van der Waals surface area contributed by atoms with Gasteiger partial charge in [0.2, 0.25) is 5.78 Å². The lowest BCUT2D eigenvalue weighted by Crippen LogP contribution is -2.31. The van der Waals surface area contributed by atoms with Gasteiger partial charge in [0.15, 0.2) is 5.84 Å². The van der Waals surface area contributed by atoms with Gasteiger partial charge in [0.25, 0.3) is 0 Å². The smallest absolute Gasteiger partial charge is 0.200 e. The van der Waals surface area contributed by atoms with E-state index >= 15 is 0 Å². The number of halogens is 2. The lowest BCUT2D eigenvalue weighted by Gasteiger charge is -2.19. The van der Waals surface area contributed by atoms with Gasteiger partial charge in [0.1, 0.15) is 5.82 Å². The van der Waals surface area contributed by atoms with E-state index in [0.29, 0.717) is 10.2 Å². The third kappa shape index (κ3) is 7.01. The first-order chi connectivity index (χ1) is 11.0. The number of hydrogen-bond donors (Lipinski definition) is 2. The third-order valence-electron chi connectivity index (χ3n) is 3.59. The summed E-state index contributed by atoms with van der Waals surface area (Å²) in [6, 6.07) is 4.30. The molecule has 4 nitrogen and oxygen atoms in total. The molecule has 0 atom stereocenters. The number of hydrogen-bond acceptors (Lipinski definition) is 4. The molecule has 1 fully saturated rings. The summed E-state index contributed by atoms with van der Waals surface area (Å²) in [4.78, 5) is 16.2. The molecule has 1 aromatic rings. The van der Waals surface area contributed by atoms with Crippen LogP contribution in [0.4, 0.5) is 10.1 Å². The fourth-order valence-corrected chi connectivity index (χ4v) is 2.69. The van der Waals surface area contributed by atoms with E-state index in [1.54, 1.807) is 11.9 Å². The molecule has 7 heteroatoms. The highest BCUT2D eigenvalue weighted by Gasteiger charge is 2.23. The Bertz CT molecular complexity index is 546. The highest BCUT2D eigenvalue weighted by molar-refractivity contribution is 9.10. The van der Waals surface area contributed by atoms with Crippen LogP contribution in [-0.4, -0.2) is 24.9 Å². The molecule has 1 aliphatic carbocycles. The number of benzene rings is 1. The van der Waals surface area contributed by atoms with E-state index in [1.807, 2.05) is 13.3 Å². The molecule has 0 aliphatic heterocycles. The van der Waals surface area contributed by atoms with Gasteiger partial charge in [-0.15, -0.1) is 0 Å². The number of carbonyl (C=O) groups excluding carboxylic acids is 1. The maximum atomic E-state index is 13.1. The molecule has 0 saturated heterocycles. The zero-order valence-corrected chi connectivity index (χ0v) is 15.8. The lowest BCUT2D eigenvalue weighted by atomic mass is 9.86. The van der Waals surface area contributed by atoms with Crippen molar-refractivity contribution in [3.05, 3.63) is 28.5 Å². The number of amidine groups is 1. The average molecular weight is 404 g/mol. The van der Waals surface area contributed by atoms with E-state index in [0.717, 1.165) is 25.7 Å². The molecular formula is C16H23BrFN3OS. The number of carbonyl (C=O) groups is 1. The molecule has 1 aromatic carbocycles. The van der Waals surface area contributed by atoms with Gasteiger partial charge in [-0.3, -0.25) is 9.52 Å². The number of Topliss-reactive ketones (excluding diaryl/α,β-unsaturated/α-hetero) is 1. The monoisotopic (exact) mass is 403 g/mol. The summed E-state index contributed by atoms with van der Waals surface area (Å²) in [5.41, 5.74) is 6.24. The lowest BCUT2D eigenvalue weighted by molar-refractivity contribution is -0.117. The van der Waals surface area contributed by atoms with E-state index in [2.05, 4.69) is 25.6 Å². The van der Waals surface area contributed by atoms with Crippen LogP contribution in [0.5, 0.6) is 0 Å². The van der Waals surface area contributed by atoms with E-state index in [4.69, 9.17) is 5.73 Å². The fraction of sp³-hybridized carbons (Fsp3) is 0.500. The van der Waals surface area contributed by atoms with Crippen molar-refractivity contribution >= 4 is 45.2 Å². The molecule has 0 amide bonds. The molecule has 0 spiro atoms. The van der Waals surface area contributed by atoms with Gasteiger partial charge < -0.3 is 5.73 Å². The van der Waals surface area contributed by atoms with Crippen LogP contribution in [0.2, 0.25) is 0 Å². The first-order valence-corrected chi connectivity index (χ1v) is 9.54. The molecule has 2 rings (SSSR count). The van der Waals surface area contributed by atoms with Crippen molar-refractivity contribution in [2.45, 2.75) is 32.1 Å². The van der Waals surface area contributed by atoms with Crippen LogP contribution in [0.3, 0.4) is 0 Å². The number of aliphatic imine (C=N–C) groups is 1. The van der Waals surface area contributed by atoms with Crippen molar-refractivity contribution in [1.82, 2.24) is 4.72 Å². The highest BCUT2D eigenvalue weighted by Crippen LogP contribution is 2.26. The Labute approximate surface area is 149 Å². The summed E-state index contributed by atoms with van der Waals surface area (Å²) >= 11 is 4.69. The first-order valence-electron chi connectivity index (χ1n) is 7.52. The molecule has 0 unspecified atom stereocenters. The molecule has 1 aliphatic rings. The van der Waals surface area contributed by atoms with Crippen LogP contribution in [0.15, 0.2) is 27.7 Å². The topological polar surface area (TPSA) is 67.5 Å². The van der Waals surface area contributed by atoms with Crippen molar-refractivity contribution < 1.29 is 9.18 Å². The van der Waals surface area contributed by atoms with Gasteiger partial charge in [-0.05, 0) is 60.3 Å². The Hall–Kier alpha value is -0.920. The normalized spacial score (nSPS) is 15.7. The Morgan fingerprint density at radius 2 is 2.00 bits per heavy atom. The molecular weight excluding hydrogens is 381 g/mol. The van der Waals surface area contributed by atoms with Crippen LogP contribution < -0.4 is 10.5 Å². The molecule has 0 heterocycles. The van der Waals surface area contributed by atoms with Crippen LogP contribution >= 0.6 is 27.9 Å². The van der Waals surface area contributed by atoms with Gasteiger partial charge in [-0.25, -0.2) is 9.38 Å². The number of rotatable bonds is 4. The predicted molar refractivity (Wildman–Crippen MR) is 99.5 cm³/mol. The molecule has 0 radical (unpaired) electrons. The van der Waals surface area contributed by atoms with E-state index in [9.17, 15) is 9.18 Å². The second-order valence-corrected chi connectivity index (χ2v) is 6.87.